The minimum atomic E-state index is -4.45. The third-order valence-electron chi connectivity index (χ3n) is 6.71. The molecule has 202 valence electrons. The summed E-state index contributed by atoms with van der Waals surface area (Å²) >= 11 is 0. The molecule has 0 atom stereocenters. The molecule has 0 spiro atoms. The molecule has 0 aromatic heterocycles. The lowest BCUT2D eigenvalue weighted by Gasteiger charge is -2.36. The summed E-state index contributed by atoms with van der Waals surface area (Å²) in [4.78, 5) is 15.5. The number of nitrogens with zero attached hydrogens (tertiary/aromatic N) is 1. The summed E-state index contributed by atoms with van der Waals surface area (Å²) in [5.41, 5.74) is -0.795. The van der Waals surface area contributed by atoms with Gasteiger partial charge in [-0.2, -0.15) is 13.2 Å². The van der Waals surface area contributed by atoms with Crippen molar-refractivity contribution < 1.29 is 35.9 Å². The quantitative estimate of drug-likeness (QED) is 0.531. The number of morpholine rings is 1. The van der Waals surface area contributed by atoms with Crippen LogP contribution in [0.1, 0.15) is 18.4 Å². The van der Waals surface area contributed by atoms with E-state index in [0.717, 1.165) is 25.2 Å². The summed E-state index contributed by atoms with van der Waals surface area (Å²) in [6.07, 6.45) is -4.17. The Hall–Kier alpha value is -2.67. The van der Waals surface area contributed by atoms with Gasteiger partial charge in [0.25, 0.3) is 0 Å². The van der Waals surface area contributed by atoms with Gasteiger partial charge < -0.3 is 20.1 Å². The molecular weight excluding hydrogens is 511 g/mol. The van der Waals surface area contributed by atoms with E-state index in [1.807, 2.05) is 0 Å². The van der Waals surface area contributed by atoms with Crippen LogP contribution in [0.2, 0.25) is 0 Å². The Bertz CT molecular complexity index is 1160. The molecular formula is C25H30F3N3O5S. The number of piperidine rings is 1. The Balaban J connectivity index is 1.46. The molecule has 2 heterocycles. The standard InChI is InChI=1S/C25H30F3N3O5S/c26-25(27,28)19-1-3-20(4-2-19)36-21-5-7-22(8-6-21)37(33,34)24(9-11-29-12-10-24)23(32)30-13-14-31-15-17-35-18-16-31/h1-8,29H,9-18H2,(H,30,32). The maximum absolute atomic E-state index is 13.8. The highest BCUT2D eigenvalue weighted by Gasteiger charge is 2.51. The molecule has 1 amide bonds. The van der Waals surface area contributed by atoms with Crippen LogP contribution in [0.15, 0.2) is 53.4 Å². The maximum atomic E-state index is 13.8. The van der Waals surface area contributed by atoms with Gasteiger partial charge in [0.05, 0.1) is 23.7 Å². The van der Waals surface area contributed by atoms with E-state index < -0.39 is 32.2 Å². The number of ether oxygens (including phenoxy) is 2. The average Bonchev–Trinajstić information content (AvgIpc) is 2.89. The average molecular weight is 542 g/mol. The zero-order chi connectivity index (χ0) is 26.5. The number of alkyl halides is 3. The molecule has 2 aliphatic rings. The predicted molar refractivity (Wildman–Crippen MR) is 130 cm³/mol. The molecule has 0 bridgehead atoms. The van der Waals surface area contributed by atoms with Crippen molar-refractivity contribution in [2.75, 3.05) is 52.5 Å². The second-order valence-electron chi connectivity index (χ2n) is 9.05. The van der Waals surface area contributed by atoms with Gasteiger partial charge in [-0.05, 0) is 74.5 Å². The summed E-state index contributed by atoms with van der Waals surface area (Å²) in [6.45, 7) is 4.54. The molecule has 0 aliphatic carbocycles. The number of amides is 1. The Morgan fingerprint density at radius 2 is 1.57 bits per heavy atom. The summed E-state index contributed by atoms with van der Waals surface area (Å²) in [5.74, 6) is -0.0709. The van der Waals surface area contributed by atoms with Gasteiger partial charge >= 0.3 is 6.18 Å². The van der Waals surface area contributed by atoms with E-state index >= 15 is 0 Å². The van der Waals surface area contributed by atoms with E-state index in [2.05, 4.69) is 15.5 Å². The largest absolute Gasteiger partial charge is 0.457 e. The zero-order valence-corrected chi connectivity index (χ0v) is 21.0. The molecule has 0 saturated carbocycles. The van der Waals surface area contributed by atoms with E-state index in [4.69, 9.17) is 9.47 Å². The Labute approximate surface area is 214 Å². The molecule has 2 N–H and O–H groups in total. The van der Waals surface area contributed by atoms with Crippen molar-refractivity contribution >= 4 is 15.7 Å². The van der Waals surface area contributed by atoms with Gasteiger partial charge in [-0.15, -0.1) is 0 Å². The fourth-order valence-electron chi connectivity index (χ4n) is 4.52. The topological polar surface area (TPSA) is 97.0 Å². The van der Waals surface area contributed by atoms with E-state index in [-0.39, 0.29) is 29.2 Å². The van der Waals surface area contributed by atoms with E-state index in [0.29, 0.717) is 39.4 Å². The number of hydrogen-bond donors (Lipinski definition) is 2. The summed E-state index contributed by atoms with van der Waals surface area (Å²) in [6, 6.07) is 9.78. The van der Waals surface area contributed by atoms with Crippen LogP contribution >= 0.6 is 0 Å². The van der Waals surface area contributed by atoms with Crippen LogP contribution in [0.3, 0.4) is 0 Å². The third kappa shape index (κ3) is 6.25. The fraction of sp³-hybridized carbons (Fsp3) is 0.480. The van der Waals surface area contributed by atoms with E-state index in [1.54, 1.807) is 0 Å². The number of nitrogens with one attached hydrogen (secondary N) is 2. The summed E-state index contributed by atoms with van der Waals surface area (Å²) < 4.78 is 75.1. The highest BCUT2D eigenvalue weighted by Crippen LogP contribution is 2.36. The first kappa shape index (κ1) is 27.4. The number of benzene rings is 2. The number of carbonyl (C=O) groups excluding carboxylic acids is 1. The molecule has 0 unspecified atom stereocenters. The molecule has 2 saturated heterocycles. The first-order chi connectivity index (χ1) is 17.6. The highest BCUT2D eigenvalue weighted by atomic mass is 32.2. The predicted octanol–water partition coefficient (Wildman–Crippen LogP) is 2.84. The van der Waals surface area contributed by atoms with Gasteiger partial charge in [-0.1, -0.05) is 0 Å². The summed E-state index contributed by atoms with van der Waals surface area (Å²) in [7, 11) is -4.06. The van der Waals surface area contributed by atoms with Gasteiger partial charge in [0.1, 0.15) is 11.5 Å². The lowest BCUT2D eigenvalue weighted by atomic mass is 9.96. The smallest absolute Gasteiger partial charge is 0.416 e. The van der Waals surface area contributed by atoms with Crippen molar-refractivity contribution in [2.24, 2.45) is 0 Å². The molecule has 12 heteroatoms. The van der Waals surface area contributed by atoms with Gasteiger partial charge in [0.15, 0.2) is 14.6 Å². The van der Waals surface area contributed by atoms with Crippen molar-refractivity contribution in [2.45, 2.75) is 28.7 Å². The van der Waals surface area contributed by atoms with E-state index in [1.165, 1.54) is 36.4 Å². The number of rotatable bonds is 8. The molecule has 2 aliphatic heterocycles. The van der Waals surface area contributed by atoms with Crippen LogP contribution in [-0.4, -0.2) is 76.5 Å². The van der Waals surface area contributed by atoms with Crippen molar-refractivity contribution in [3.8, 4) is 11.5 Å². The van der Waals surface area contributed by atoms with Crippen molar-refractivity contribution in [3.63, 3.8) is 0 Å². The zero-order valence-electron chi connectivity index (χ0n) is 20.2. The minimum absolute atomic E-state index is 0.0162. The molecule has 8 nitrogen and oxygen atoms in total. The number of halogens is 3. The molecule has 2 aromatic rings. The fourth-order valence-corrected chi connectivity index (χ4v) is 6.53. The van der Waals surface area contributed by atoms with Gasteiger partial charge in [-0.25, -0.2) is 8.42 Å². The van der Waals surface area contributed by atoms with Crippen LogP contribution in [0.4, 0.5) is 13.2 Å². The number of sulfone groups is 1. The van der Waals surface area contributed by atoms with Crippen LogP contribution < -0.4 is 15.4 Å². The maximum Gasteiger partial charge on any atom is 0.416 e. The lowest BCUT2D eigenvalue weighted by molar-refractivity contribution is -0.137. The Morgan fingerprint density at radius 1 is 1.00 bits per heavy atom. The number of hydrogen-bond acceptors (Lipinski definition) is 7. The first-order valence-corrected chi connectivity index (χ1v) is 13.6. The molecule has 37 heavy (non-hydrogen) atoms. The Kier molecular flexibility index (Phi) is 8.42. The Morgan fingerprint density at radius 3 is 2.14 bits per heavy atom. The van der Waals surface area contributed by atoms with Crippen LogP contribution in [0.25, 0.3) is 0 Å². The second-order valence-corrected chi connectivity index (χ2v) is 11.3. The van der Waals surface area contributed by atoms with Crippen molar-refractivity contribution in [1.29, 1.82) is 0 Å². The van der Waals surface area contributed by atoms with Gasteiger partial charge in [0.2, 0.25) is 5.91 Å². The first-order valence-electron chi connectivity index (χ1n) is 12.1. The highest BCUT2D eigenvalue weighted by molar-refractivity contribution is 7.93. The van der Waals surface area contributed by atoms with Crippen molar-refractivity contribution in [3.05, 3.63) is 54.1 Å². The van der Waals surface area contributed by atoms with Crippen LogP contribution in [0.5, 0.6) is 11.5 Å². The number of carbonyl (C=O) groups is 1. The second kappa shape index (κ2) is 11.4. The minimum Gasteiger partial charge on any atom is -0.457 e. The SMILES string of the molecule is O=C(NCCN1CCOCC1)C1(S(=O)(=O)c2ccc(Oc3ccc(C(F)(F)F)cc3)cc2)CCNCC1. The monoisotopic (exact) mass is 541 g/mol. The van der Waals surface area contributed by atoms with Crippen LogP contribution in [0, 0.1) is 0 Å². The van der Waals surface area contributed by atoms with Crippen LogP contribution in [-0.2, 0) is 25.5 Å². The summed E-state index contributed by atoms with van der Waals surface area (Å²) in [5, 5.41) is 5.96. The van der Waals surface area contributed by atoms with Gasteiger partial charge in [0, 0.05) is 26.2 Å². The van der Waals surface area contributed by atoms with E-state index in [9.17, 15) is 26.4 Å². The molecule has 2 fully saturated rings. The van der Waals surface area contributed by atoms with Gasteiger partial charge in [-0.3, -0.25) is 9.69 Å². The lowest BCUT2D eigenvalue weighted by Crippen LogP contribution is -2.58. The molecule has 4 rings (SSSR count). The third-order valence-corrected chi connectivity index (χ3v) is 9.22. The molecule has 2 aromatic carbocycles. The molecule has 0 radical (unpaired) electrons. The van der Waals surface area contributed by atoms with Crippen molar-refractivity contribution in [1.82, 2.24) is 15.5 Å². The normalized spacial score (nSPS) is 18.8.